The summed E-state index contributed by atoms with van der Waals surface area (Å²) in [4.78, 5) is 0. The van der Waals surface area contributed by atoms with E-state index in [1.54, 1.807) is 0 Å². The van der Waals surface area contributed by atoms with Gasteiger partial charge in [0.05, 0.1) is 0 Å². The molecule has 20 heavy (non-hydrogen) atoms. The molecule has 1 N–H and O–H groups in total. The maximum absolute atomic E-state index is 5.58. The molecule has 1 heterocycles. The van der Waals surface area contributed by atoms with Crippen LogP contribution in [0.2, 0.25) is 0 Å². The molecule has 1 aliphatic heterocycles. The smallest absolute Gasteiger partial charge is 0.0468 e. The summed E-state index contributed by atoms with van der Waals surface area (Å²) in [6, 6.07) is 0. The van der Waals surface area contributed by atoms with Crippen LogP contribution >= 0.6 is 0 Å². The van der Waals surface area contributed by atoms with Crippen molar-refractivity contribution in [1.82, 2.24) is 5.32 Å². The molecule has 0 radical (unpaired) electrons. The number of rotatable bonds is 4. The first-order chi connectivity index (χ1) is 9.49. The van der Waals surface area contributed by atoms with E-state index in [-0.39, 0.29) is 5.54 Å². The normalized spacial score (nSPS) is 33.3. The Morgan fingerprint density at radius 3 is 2.35 bits per heavy atom. The molecule has 3 atom stereocenters. The van der Waals surface area contributed by atoms with Crippen LogP contribution in [0.15, 0.2) is 0 Å². The maximum Gasteiger partial charge on any atom is 0.0468 e. The van der Waals surface area contributed by atoms with Gasteiger partial charge in [-0.2, -0.15) is 0 Å². The third-order valence-corrected chi connectivity index (χ3v) is 5.50. The summed E-state index contributed by atoms with van der Waals surface area (Å²) in [5.74, 6) is 3.73. The van der Waals surface area contributed by atoms with Crippen molar-refractivity contribution in [3.63, 3.8) is 0 Å². The van der Waals surface area contributed by atoms with E-state index in [0.29, 0.717) is 0 Å². The molecule has 0 aromatic rings. The van der Waals surface area contributed by atoms with Crippen LogP contribution in [0.4, 0.5) is 0 Å². The van der Waals surface area contributed by atoms with Crippen molar-refractivity contribution >= 4 is 0 Å². The minimum absolute atomic E-state index is 0.252. The van der Waals surface area contributed by atoms with Gasteiger partial charge in [-0.1, -0.05) is 19.8 Å². The highest BCUT2D eigenvalue weighted by Gasteiger charge is 2.35. The molecule has 118 valence electrons. The van der Waals surface area contributed by atoms with Crippen molar-refractivity contribution in [3.8, 4) is 0 Å². The first kappa shape index (κ1) is 16.3. The molecule has 2 fully saturated rings. The number of hydrogen-bond donors (Lipinski definition) is 1. The van der Waals surface area contributed by atoms with Gasteiger partial charge in [0.1, 0.15) is 0 Å². The Hall–Kier alpha value is -0.0800. The molecule has 1 saturated heterocycles. The van der Waals surface area contributed by atoms with Crippen LogP contribution in [0.1, 0.15) is 66.2 Å². The molecule has 0 aromatic carbocycles. The van der Waals surface area contributed by atoms with Crippen LogP contribution in [0.5, 0.6) is 0 Å². The predicted molar refractivity (Wildman–Crippen MR) is 85.9 cm³/mol. The molecule has 1 aliphatic carbocycles. The number of ether oxygens (including phenoxy) is 1. The summed E-state index contributed by atoms with van der Waals surface area (Å²) in [6.45, 7) is 12.4. The fourth-order valence-corrected chi connectivity index (χ4v) is 4.14. The third-order valence-electron chi connectivity index (χ3n) is 5.50. The second kappa shape index (κ2) is 7.26. The van der Waals surface area contributed by atoms with Crippen molar-refractivity contribution in [1.29, 1.82) is 0 Å². The van der Waals surface area contributed by atoms with Crippen molar-refractivity contribution in [2.24, 2.45) is 23.7 Å². The average molecular weight is 281 g/mol. The van der Waals surface area contributed by atoms with Crippen LogP contribution in [0.3, 0.4) is 0 Å². The third kappa shape index (κ3) is 4.73. The summed E-state index contributed by atoms with van der Waals surface area (Å²) in [6.07, 6.45) is 8.33. The molecule has 1 saturated carbocycles. The second-order valence-electron chi connectivity index (χ2n) is 8.09. The minimum atomic E-state index is 0.252. The monoisotopic (exact) mass is 281 g/mol. The molecule has 2 aliphatic rings. The lowest BCUT2D eigenvalue weighted by Gasteiger charge is -2.43. The first-order valence-electron chi connectivity index (χ1n) is 8.82. The van der Waals surface area contributed by atoms with Gasteiger partial charge in [0.25, 0.3) is 0 Å². The lowest BCUT2D eigenvalue weighted by atomic mass is 9.66. The standard InChI is InChI=1S/C18H35NO/c1-5-14-6-7-16(13-19-18(2,3)4)17(12-14)15-8-10-20-11-9-15/h14-17,19H,5-13H2,1-4H3. The summed E-state index contributed by atoms with van der Waals surface area (Å²) >= 11 is 0. The van der Waals surface area contributed by atoms with Gasteiger partial charge < -0.3 is 10.1 Å². The van der Waals surface area contributed by atoms with E-state index >= 15 is 0 Å². The van der Waals surface area contributed by atoms with Crippen LogP contribution in [0, 0.1) is 23.7 Å². The molecule has 3 unspecified atom stereocenters. The summed E-state index contributed by atoms with van der Waals surface area (Å²) < 4.78 is 5.58. The van der Waals surface area contributed by atoms with Gasteiger partial charge >= 0.3 is 0 Å². The Labute approximate surface area is 126 Å². The fraction of sp³-hybridized carbons (Fsp3) is 1.00. The van der Waals surface area contributed by atoms with Crippen molar-refractivity contribution in [3.05, 3.63) is 0 Å². The van der Waals surface area contributed by atoms with Gasteiger partial charge in [-0.25, -0.2) is 0 Å². The quantitative estimate of drug-likeness (QED) is 0.832. The van der Waals surface area contributed by atoms with Gasteiger partial charge in [0.15, 0.2) is 0 Å². The SMILES string of the molecule is CCC1CCC(CNC(C)(C)C)C(C2CCOCC2)C1. The van der Waals surface area contributed by atoms with E-state index in [0.717, 1.165) is 36.9 Å². The van der Waals surface area contributed by atoms with E-state index in [2.05, 4.69) is 33.0 Å². The van der Waals surface area contributed by atoms with Gasteiger partial charge in [0.2, 0.25) is 0 Å². The van der Waals surface area contributed by atoms with Crippen molar-refractivity contribution < 1.29 is 4.74 Å². The van der Waals surface area contributed by atoms with Gasteiger partial charge in [-0.15, -0.1) is 0 Å². The second-order valence-corrected chi connectivity index (χ2v) is 8.09. The molecular formula is C18H35NO. The van der Waals surface area contributed by atoms with E-state index in [1.807, 2.05) is 0 Å². The summed E-state index contributed by atoms with van der Waals surface area (Å²) in [5.41, 5.74) is 0.252. The van der Waals surface area contributed by atoms with Crippen LogP contribution in [-0.4, -0.2) is 25.3 Å². The van der Waals surface area contributed by atoms with Crippen LogP contribution in [0.25, 0.3) is 0 Å². The summed E-state index contributed by atoms with van der Waals surface area (Å²) in [5, 5.41) is 3.76. The molecule has 0 amide bonds. The highest BCUT2D eigenvalue weighted by molar-refractivity contribution is 4.87. The Bertz CT molecular complexity index is 278. The topological polar surface area (TPSA) is 21.3 Å². The van der Waals surface area contributed by atoms with Crippen LogP contribution < -0.4 is 5.32 Å². The molecule has 0 bridgehead atoms. The molecule has 0 aromatic heterocycles. The lowest BCUT2D eigenvalue weighted by molar-refractivity contribution is 0.0129. The molecule has 2 rings (SSSR count). The Kier molecular flexibility index (Phi) is 5.92. The molecular weight excluding hydrogens is 246 g/mol. The largest absolute Gasteiger partial charge is 0.381 e. The van der Waals surface area contributed by atoms with E-state index in [9.17, 15) is 0 Å². The van der Waals surface area contributed by atoms with Gasteiger partial charge in [0, 0.05) is 18.8 Å². The van der Waals surface area contributed by atoms with Crippen molar-refractivity contribution in [2.75, 3.05) is 19.8 Å². The zero-order chi connectivity index (χ0) is 14.6. The first-order valence-corrected chi connectivity index (χ1v) is 8.82. The Morgan fingerprint density at radius 1 is 1.05 bits per heavy atom. The van der Waals surface area contributed by atoms with E-state index < -0.39 is 0 Å². The van der Waals surface area contributed by atoms with Crippen LogP contribution in [-0.2, 0) is 4.74 Å². The minimum Gasteiger partial charge on any atom is -0.381 e. The maximum atomic E-state index is 5.58. The number of nitrogens with one attached hydrogen (secondary N) is 1. The average Bonchev–Trinajstić information content (AvgIpc) is 2.45. The number of hydrogen-bond acceptors (Lipinski definition) is 2. The van der Waals surface area contributed by atoms with Gasteiger partial charge in [-0.05, 0) is 76.7 Å². The molecule has 0 spiro atoms. The zero-order valence-electron chi connectivity index (χ0n) is 14.1. The Morgan fingerprint density at radius 2 is 1.75 bits per heavy atom. The Balaban J connectivity index is 1.95. The van der Waals surface area contributed by atoms with E-state index in [1.165, 1.54) is 45.1 Å². The highest BCUT2D eigenvalue weighted by Crippen LogP contribution is 2.42. The van der Waals surface area contributed by atoms with Crippen molar-refractivity contribution in [2.45, 2.75) is 71.8 Å². The zero-order valence-corrected chi connectivity index (χ0v) is 14.1. The highest BCUT2D eigenvalue weighted by atomic mass is 16.5. The predicted octanol–water partition coefficient (Wildman–Crippen LogP) is 4.24. The fourth-order valence-electron chi connectivity index (χ4n) is 4.14. The molecule has 2 nitrogen and oxygen atoms in total. The van der Waals surface area contributed by atoms with Gasteiger partial charge in [-0.3, -0.25) is 0 Å². The molecule has 2 heteroatoms. The van der Waals surface area contributed by atoms with E-state index in [4.69, 9.17) is 4.74 Å². The lowest BCUT2D eigenvalue weighted by Crippen LogP contribution is -2.44. The summed E-state index contributed by atoms with van der Waals surface area (Å²) in [7, 11) is 0.